The summed E-state index contributed by atoms with van der Waals surface area (Å²) >= 11 is 6.41. The van der Waals surface area contributed by atoms with Gasteiger partial charge in [-0.05, 0) is 107 Å². The van der Waals surface area contributed by atoms with Crippen LogP contribution in [0.2, 0.25) is 5.02 Å². The molecule has 2 aromatic rings. The highest BCUT2D eigenvalue weighted by Crippen LogP contribution is 2.56. The molecule has 37 heavy (non-hydrogen) atoms. The quantitative estimate of drug-likeness (QED) is 0.550. The first-order chi connectivity index (χ1) is 17.5. The van der Waals surface area contributed by atoms with Crippen LogP contribution in [0.15, 0.2) is 36.5 Å². The molecule has 4 saturated carbocycles. The number of nitrogens with zero attached hydrogens (tertiary/aromatic N) is 3. The predicted molar refractivity (Wildman–Crippen MR) is 144 cm³/mol. The zero-order valence-electron chi connectivity index (χ0n) is 22.4. The molecule has 4 bridgehead atoms. The second kappa shape index (κ2) is 8.86. The van der Waals surface area contributed by atoms with Crippen molar-refractivity contribution in [2.24, 2.45) is 17.8 Å². The minimum atomic E-state index is -0.528. The van der Waals surface area contributed by atoms with Crippen LogP contribution in [0.4, 0.5) is 0 Å². The summed E-state index contributed by atoms with van der Waals surface area (Å²) in [4.78, 5) is 29.1. The van der Waals surface area contributed by atoms with Crippen molar-refractivity contribution < 1.29 is 9.59 Å². The van der Waals surface area contributed by atoms with Crippen LogP contribution in [-0.2, 0) is 15.1 Å². The molecule has 1 aromatic carbocycles. The molecule has 0 spiro atoms. The van der Waals surface area contributed by atoms with Crippen molar-refractivity contribution in [3.8, 4) is 0 Å². The van der Waals surface area contributed by atoms with Crippen LogP contribution >= 0.6 is 11.6 Å². The molecule has 1 aliphatic heterocycles. The number of nitrogens with one attached hydrogen (secondary N) is 1. The van der Waals surface area contributed by atoms with Crippen LogP contribution in [0.25, 0.3) is 0 Å². The van der Waals surface area contributed by atoms with Crippen LogP contribution in [0, 0.1) is 17.8 Å². The van der Waals surface area contributed by atoms with Gasteiger partial charge in [-0.2, -0.15) is 5.10 Å². The Labute approximate surface area is 225 Å². The number of rotatable bonds is 4. The van der Waals surface area contributed by atoms with Gasteiger partial charge in [0.1, 0.15) is 6.04 Å². The summed E-state index contributed by atoms with van der Waals surface area (Å²) in [5.41, 5.74) is 1.61. The monoisotopic (exact) mass is 522 g/mol. The second-order valence-corrected chi connectivity index (χ2v) is 13.8. The highest BCUT2D eigenvalue weighted by atomic mass is 35.5. The number of carbonyl (C=O) groups excluding carboxylic acids is 2. The van der Waals surface area contributed by atoms with Crippen molar-refractivity contribution in [3.05, 3.63) is 52.8 Å². The van der Waals surface area contributed by atoms with Gasteiger partial charge < -0.3 is 10.2 Å². The molecule has 198 valence electrons. The maximum absolute atomic E-state index is 14.1. The highest BCUT2D eigenvalue weighted by molar-refractivity contribution is 6.30. The van der Waals surface area contributed by atoms with E-state index in [2.05, 4.69) is 26.1 Å². The van der Waals surface area contributed by atoms with Gasteiger partial charge in [-0.15, -0.1) is 0 Å². The van der Waals surface area contributed by atoms with E-state index in [1.807, 2.05) is 46.1 Å². The average molecular weight is 523 g/mol. The zero-order valence-corrected chi connectivity index (χ0v) is 23.2. The third-order valence-electron chi connectivity index (χ3n) is 9.45. The van der Waals surface area contributed by atoms with Crippen molar-refractivity contribution in [2.75, 3.05) is 0 Å². The van der Waals surface area contributed by atoms with Crippen molar-refractivity contribution >= 4 is 23.4 Å². The smallest absolute Gasteiger partial charge is 0.243 e. The van der Waals surface area contributed by atoms with E-state index in [-0.39, 0.29) is 34.9 Å². The second-order valence-electron chi connectivity index (χ2n) is 13.3. The number of hydrogen-bond acceptors (Lipinski definition) is 3. The Kier molecular flexibility index (Phi) is 5.98. The SMILES string of the molecule is CC(=O)N1[C@H](C(=O)NC23CC4CC(CC(C4)C2)C3)C[C@@H](c2ccn(C(C)(C)C)n2)[C@@H]1c1cccc(Cl)c1. The summed E-state index contributed by atoms with van der Waals surface area (Å²) in [7, 11) is 0. The van der Waals surface area contributed by atoms with Crippen LogP contribution < -0.4 is 5.32 Å². The number of aromatic nitrogens is 2. The first-order valence-electron chi connectivity index (χ1n) is 13.9. The Bertz CT molecular complexity index is 1180. The first kappa shape index (κ1) is 25.0. The molecule has 0 radical (unpaired) electrons. The van der Waals surface area contributed by atoms with Crippen LogP contribution in [0.1, 0.15) is 95.9 Å². The van der Waals surface area contributed by atoms with E-state index in [4.69, 9.17) is 16.7 Å². The summed E-state index contributed by atoms with van der Waals surface area (Å²) in [5.74, 6) is 2.04. The molecule has 2 amide bonds. The molecular formula is C30H39ClN4O2. The van der Waals surface area contributed by atoms with E-state index < -0.39 is 6.04 Å². The minimum Gasteiger partial charge on any atom is -0.349 e. The lowest BCUT2D eigenvalue weighted by atomic mass is 9.53. The number of benzene rings is 1. The number of halogens is 1. The van der Waals surface area contributed by atoms with E-state index in [9.17, 15) is 9.59 Å². The summed E-state index contributed by atoms with van der Waals surface area (Å²) < 4.78 is 1.97. The van der Waals surface area contributed by atoms with Gasteiger partial charge in [0.05, 0.1) is 17.3 Å². The Morgan fingerprint density at radius 1 is 1.03 bits per heavy atom. The number of carbonyl (C=O) groups is 2. The van der Waals surface area contributed by atoms with Gasteiger partial charge in [0.15, 0.2) is 0 Å². The molecule has 4 aliphatic carbocycles. The van der Waals surface area contributed by atoms with E-state index in [1.54, 1.807) is 6.92 Å². The first-order valence-corrected chi connectivity index (χ1v) is 14.3. The van der Waals surface area contributed by atoms with E-state index in [1.165, 1.54) is 19.3 Å². The largest absolute Gasteiger partial charge is 0.349 e. The third-order valence-corrected chi connectivity index (χ3v) is 9.69. The predicted octanol–water partition coefficient (Wildman–Crippen LogP) is 5.82. The van der Waals surface area contributed by atoms with E-state index >= 15 is 0 Å². The maximum atomic E-state index is 14.1. The molecule has 7 heteroatoms. The standard InChI is InChI=1S/C30H39ClN4O2/c1-18(36)35-26(28(37)32-30-15-19-10-20(16-30)12-21(11-19)17-30)14-24(25-8-9-34(33-25)29(2,3)4)27(35)22-6-5-7-23(31)13-22/h5-9,13,19-21,24,26-27H,10-12,14-17H2,1-4H3,(H,32,37)/t19?,20?,21?,24-,26-,27-,30?/m0/s1. The molecule has 1 N–H and O–H groups in total. The van der Waals surface area contributed by atoms with E-state index in [0.717, 1.165) is 48.3 Å². The molecule has 0 unspecified atom stereocenters. The molecule has 1 saturated heterocycles. The fourth-order valence-electron chi connectivity index (χ4n) is 8.40. The highest BCUT2D eigenvalue weighted by Gasteiger charge is 2.54. The molecule has 5 fully saturated rings. The maximum Gasteiger partial charge on any atom is 0.243 e. The molecule has 7 rings (SSSR count). The van der Waals surface area contributed by atoms with Crippen molar-refractivity contribution in [3.63, 3.8) is 0 Å². The van der Waals surface area contributed by atoms with Crippen molar-refractivity contribution in [2.45, 2.75) is 102 Å². The van der Waals surface area contributed by atoms with Gasteiger partial charge in [-0.3, -0.25) is 14.3 Å². The van der Waals surface area contributed by atoms with Crippen LogP contribution in [0.3, 0.4) is 0 Å². The van der Waals surface area contributed by atoms with E-state index in [0.29, 0.717) is 11.4 Å². The molecule has 2 heterocycles. The van der Waals surface area contributed by atoms with Gasteiger partial charge in [0.2, 0.25) is 11.8 Å². The molecule has 1 aromatic heterocycles. The van der Waals surface area contributed by atoms with Gasteiger partial charge in [-0.1, -0.05) is 23.7 Å². The molecule has 6 nitrogen and oxygen atoms in total. The Morgan fingerprint density at radius 2 is 1.68 bits per heavy atom. The summed E-state index contributed by atoms with van der Waals surface area (Å²) in [6.45, 7) is 7.95. The summed E-state index contributed by atoms with van der Waals surface area (Å²) in [6, 6.07) is 8.92. The minimum absolute atomic E-state index is 0.00179. The average Bonchev–Trinajstić information content (AvgIpc) is 3.43. The Balaban J connectivity index is 1.35. The topological polar surface area (TPSA) is 67.2 Å². The lowest BCUT2D eigenvalue weighted by Gasteiger charge is -2.57. The van der Waals surface area contributed by atoms with Gasteiger partial charge in [0.25, 0.3) is 0 Å². The van der Waals surface area contributed by atoms with Gasteiger partial charge >= 0.3 is 0 Å². The Hall–Kier alpha value is -2.34. The molecule has 3 atom stereocenters. The summed E-state index contributed by atoms with van der Waals surface area (Å²) in [6.07, 6.45) is 9.81. The van der Waals surface area contributed by atoms with Gasteiger partial charge in [-0.25, -0.2) is 0 Å². The summed E-state index contributed by atoms with van der Waals surface area (Å²) in [5, 5.41) is 9.12. The number of amides is 2. The van der Waals surface area contributed by atoms with Gasteiger partial charge in [0, 0.05) is 29.6 Å². The zero-order chi connectivity index (χ0) is 26.1. The van der Waals surface area contributed by atoms with Crippen LogP contribution in [-0.4, -0.2) is 38.1 Å². The number of hydrogen-bond donors (Lipinski definition) is 1. The Morgan fingerprint density at radius 3 is 2.22 bits per heavy atom. The normalized spacial score (nSPS) is 34.7. The lowest BCUT2D eigenvalue weighted by molar-refractivity contribution is -0.141. The lowest BCUT2D eigenvalue weighted by Crippen LogP contribution is -2.62. The molecule has 5 aliphatic rings. The fraction of sp³-hybridized carbons (Fsp3) is 0.633. The van der Waals surface area contributed by atoms with Crippen molar-refractivity contribution in [1.82, 2.24) is 20.0 Å². The third kappa shape index (κ3) is 4.49. The fourth-order valence-corrected chi connectivity index (χ4v) is 8.60. The number of likely N-dealkylation sites (tertiary alicyclic amines) is 1. The van der Waals surface area contributed by atoms with Crippen molar-refractivity contribution in [1.29, 1.82) is 0 Å². The van der Waals surface area contributed by atoms with Crippen LogP contribution in [0.5, 0.6) is 0 Å². The molecular weight excluding hydrogens is 484 g/mol.